The van der Waals surface area contributed by atoms with Crippen molar-refractivity contribution in [2.75, 3.05) is 6.61 Å². The van der Waals surface area contributed by atoms with Gasteiger partial charge in [-0.2, -0.15) is 0 Å². The van der Waals surface area contributed by atoms with Crippen LogP contribution >= 0.6 is 0 Å². The van der Waals surface area contributed by atoms with Crippen molar-refractivity contribution in [3.63, 3.8) is 0 Å². The van der Waals surface area contributed by atoms with Crippen LogP contribution < -0.4 is 10.6 Å². The van der Waals surface area contributed by atoms with E-state index in [0.717, 1.165) is 35.1 Å². The zero-order valence-corrected chi connectivity index (χ0v) is 19.7. The molecule has 3 atom stereocenters. The molecule has 184 valence electrons. The number of nitrogens with one attached hydrogen (secondary N) is 2. The molecule has 2 aromatic rings. The maximum atomic E-state index is 13.0. The van der Waals surface area contributed by atoms with Crippen molar-refractivity contribution < 1.29 is 24.2 Å². The second-order valence-corrected chi connectivity index (χ2v) is 9.23. The lowest BCUT2D eigenvalue weighted by atomic mass is 9.84. The third-order valence-electron chi connectivity index (χ3n) is 7.02. The minimum atomic E-state index is -0.901. The fourth-order valence-corrected chi connectivity index (χ4v) is 5.22. The Morgan fingerprint density at radius 3 is 2.29 bits per heavy atom. The zero-order chi connectivity index (χ0) is 24.8. The van der Waals surface area contributed by atoms with Crippen LogP contribution in [0.25, 0.3) is 11.1 Å². The first kappa shape index (κ1) is 24.5. The van der Waals surface area contributed by atoms with Crippen LogP contribution in [0, 0.1) is 5.92 Å². The molecule has 0 heterocycles. The summed E-state index contributed by atoms with van der Waals surface area (Å²) < 4.78 is 5.60. The standard InChI is InChI=1S/C28H32N2O5/c1-2-3-15-25(26(31)29-24-16-9-8-14-22(24)27(32)33)30-28(34)35-17-23-20-12-6-4-10-18(20)19-11-5-7-13-21(19)23/h2,4-7,10-13,22-25H,1,3,8-9,14-17H2,(H,29,31)(H,30,34)(H,32,33)/t22-,24+,25?/m1/s1. The van der Waals surface area contributed by atoms with Gasteiger partial charge in [-0.15, -0.1) is 6.58 Å². The number of carboxylic acid groups (broad SMARTS) is 1. The Kier molecular flexibility index (Phi) is 7.85. The van der Waals surface area contributed by atoms with Crippen molar-refractivity contribution in [3.8, 4) is 11.1 Å². The molecule has 0 aliphatic heterocycles. The average Bonchev–Trinajstić information content (AvgIpc) is 3.19. The Balaban J connectivity index is 1.39. The number of allylic oxidation sites excluding steroid dienone is 1. The molecule has 7 heteroatoms. The normalized spacial score (nSPS) is 19.7. The summed E-state index contributed by atoms with van der Waals surface area (Å²) in [6, 6.07) is 14.9. The summed E-state index contributed by atoms with van der Waals surface area (Å²) in [7, 11) is 0. The molecule has 3 N–H and O–H groups in total. The first-order chi connectivity index (χ1) is 17.0. The van der Waals surface area contributed by atoms with E-state index in [-0.39, 0.29) is 12.5 Å². The number of hydrogen-bond donors (Lipinski definition) is 3. The van der Waals surface area contributed by atoms with Gasteiger partial charge in [-0.3, -0.25) is 9.59 Å². The van der Waals surface area contributed by atoms with Gasteiger partial charge in [-0.1, -0.05) is 67.4 Å². The summed E-state index contributed by atoms with van der Waals surface area (Å²) >= 11 is 0. The van der Waals surface area contributed by atoms with Crippen LogP contribution in [0.3, 0.4) is 0 Å². The Bertz CT molecular complexity index is 1050. The number of carbonyl (C=O) groups is 3. The van der Waals surface area contributed by atoms with E-state index < -0.39 is 36.0 Å². The van der Waals surface area contributed by atoms with Crippen molar-refractivity contribution in [2.45, 2.75) is 56.5 Å². The zero-order valence-electron chi connectivity index (χ0n) is 19.7. The molecule has 0 saturated heterocycles. The lowest BCUT2D eigenvalue weighted by Gasteiger charge is -2.30. The number of alkyl carbamates (subject to hydrolysis) is 1. The van der Waals surface area contributed by atoms with Gasteiger partial charge in [-0.25, -0.2) is 4.79 Å². The van der Waals surface area contributed by atoms with E-state index in [1.165, 1.54) is 0 Å². The lowest BCUT2D eigenvalue weighted by molar-refractivity contribution is -0.144. The largest absolute Gasteiger partial charge is 0.481 e. The van der Waals surface area contributed by atoms with Gasteiger partial charge < -0.3 is 20.5 Å². The van der Waals surface area contributed by atoms with Gasteiger partial charge in [0.15, 0.2) is 0 Å². The second-order valence-electron chi connectivity index (χ2n) is 9.23. The summed E-state index contributed by atoms with van der Waals surface area (Å²) in [5.74, 6) is -1.98. The fraction of sp³-hybridized carbons (Fsp3) is 0.393. The quantitative estimate of drug-likeness (QED) is 0.458. The number of amides is 2. The third kappa shape index (κ3) is 5.56. The third-order valence-corrected chi connectivity index (χ3v) is 7.02. The smallest absolute Gasteiger partial charge is 0.407 e. The van der Waals surface area contributed by atoms with Crippen LogP contribution in [-0.2, 0) is 14.3 Å². The van der Waals surface area contributed by atoms with Crippen molar-refractivity contribution in [1.29, 1.82) is 0 Å². The highest BCUT2D eigenvalue weighted by molar-refractivity contribution is 5.86. The molecule has 4 rings (SSSR count). The van der Waals surface area contributed by atoms with E-state index in [2.05, 4.69) is 29.3 Å². The molecule has 2 aromatic carbocycles. The fourth-order valence-electron chi connectivity index (χ4n) is 5.22. The van der Waals surface area contributed by atoms with Crippen LogP contribution in [0.2, 0.25) is 0 Å². The molecule has 1 saturated carbocycles. The van der Waals surface area contributed by atoms with Gasteiger partial charge in [0.25, 0.3) is 0 Å². The lowest BCUT2D eigenvalue weighted by Crippen LogP contribution is -2.53. The minimum Gasteiger partial charge on any atom is -0.481 e. The van der Waals surface area contributed by atoms with Crippen molar-refractivity contribution in [1.82, 2.24) is 10.6 Å². The Labute approximate surface area is 205 Å². The van der Waals surface area contributed by atoms with Crippen molar-refractivity contribution in [2.24, 2.45) is 5.92 Å². The topological polar surface area (TPSA) is 105 Å². The Morgan fingerprint density at radius 2 is 1.66 bits per heavy atom. The van der Waals surface area contributed by atoms with Gasteiger partial charge in [0.2, 0.25) is 5.91 Å². The molecule has 2 aliphatic rings. The first-order valence-corrected chi connectivity index (χ1v) is 12.2. The molecular formula is C28H32N2O5. The number of hydrogen-bond acceptors (Lipinski definition) is 4. The van der Waals surface area contributed by atoms with Crippen LogP contribution in [0.5, 0.6) is 0 Å². The van der Waals surface area contributed by atoms with Gasteiger partial charge in [0, 0.05) is 12.0 Å². The number of fused-ring (bicyclic) bond motifs is 3. The van der Waals surface area contributed by atoms with Gasteiger partial charge in [0.1, 0.15) is 12.6 Å². The SMILES string of the molecule is C=CCCC(NC(=O)OCC1c2ccccc2-c2ccccc21)C(=O)N[C@H]1CCCC[C@H]1C(=O)O. The molecular weight excluding hydrogens is 444 g/mol. The predicted octanol–water partition coefficient (Wildman–Crippen LogP) is 4.62. The van der Waals surface area contributed by atoms with Crippen LogP contribution in [-0.4, -0.2) is 41.8 Å². The van der Waals surface area contributed by atoms with Crippen LogP contribution in [0.4, 0.5) is 4.79 Å². The molecule has 35 heavy (non-hydrogen) atoms. The van der Waals surface area contributed by atoms with Crippen LogP contribution in [0.15, 0.2) is 61.2 Å². The van der Waals surface area contributed by atoms with Crippen LogP contribution in [0.1, 0.15) is 55.6 Å². The van der Waals surface area contributed by atoms with Crippen molar-refractivity contribution >= 4 is 18.0 Å². The van der Waals surface area contributed by atoms with E-state index in [4.69, 9.17) is 4.74 Å². The number of rotatable bonds is 9. The summed E-state index contributed by atoms with van der Waals surface area (Å²) in [5.41, 5.74) is 4.50. The molecule has 1 unspecified atom stereocenters. The summed E-state index contributed by atoms with van der Waals surface area (Å²) in [6.07, 6.45) is 4.74. The first-order valence-electron chi connectivity index (χ1n) is 12.2. The van der Waals surface area contributed by atoms with E-state index in [9.17, 15) is 19.5 Å². The molecule has 2 aliphatic carbocycles. The molecule has 0 bridgehead atoms. The monoisotopic (exact) mass is 476 g/mol. The summed E-state index contributed by atoms with van der Waals surface area (Å²) in [5, 5.41) is 15.1. The van der Waals surface area contributed by atoms with Gasteiger partial charge >= 0.3 is 12.1 Å². The van der Waals surface area contributed by atoms with E-state index in [1.54, 1.807) is 6.08 Å². The predicted molar refractivity (Wildman–Crippen MR) is 133 cm³/mol. The average molecular weight is 477 g/mol. The Hall–Kier alpha value is -3.61. The molecule has 2 amide bonds. The highest BCUT2D eigenvalue weighted by Crippen LogP contribution is 2.44. The highest BCUT2D eigenvalue weighted by Gasteiger charge is 2.34. The number of carboxylic acids is 1. The Morgan fingerprint density at radius 1 is 1.03 bits per heavy atom. The maximum absolute atomic E-state index is 13.0. The van der Waals surface area contributed by atoms with Gasteiger partial charge in [-0.05, 0) is 47.9 Å². The van der Waals surface area contributed by atoms with E-state index in [0.29, 0.717) is 25.7 Å². The number of ether oxygens (including phenoxy) is 1. The highest BCUT2D eigenvalue weighted by atomic mass is 16.5. The summed E-state index contributed by atoms with van der Waals surface area (Å²) in [6.45, 7) is 3.85. The minimum absolute atomic E-state index is 0.0767. The van der Waals surface area contributed by atoms with E-state index >= 15 is 0 Å². The molecule has 0 radical (unpaired) electrons. The van der Waals surface area contributed by atoms with Crippen molar-refractivity contribution in [3.05, 3.63) is 72.3 Å². The summed E-state index contributed by atoms with van der Waals surface area (Å²) in [4.78, 5) is 37.3. The van der Waals surface area contributed by atoms with E-state index in [1.807, 2.05) is 36.4 Å². The molecule has 7 nitrogen and oxygen atoms in total. The number of carbonyl (C=O) groups excluding carboxylic acids is 2. The molecule has 0 spiro atoms. The number of aliphatic carboxylic acids is 1. The maximum Gasteiger partial charge on any atom is 0.407 e. The number of benzene rings is 2. The molecule has 1 fully saturated rings. The van der Waals surface area contributed by atoms with Gasteiger partial charge in [0.05, 0.1) is 5.92 Å². The molecule has 0 aromatic heterocycles. The second kappa shape index (κ2) is 11.2.